The molecule has 1 saturated heterocycles. The highest BCUT2D eigenvalue weighted by molar-refractivity contribution is 5.19. The molecule has 1 aliphatic heterocycles. The van der Waals surface area contributed by atoms with E-state index in [0.717, 1.165) is 13.1 Å². The van der Waals surface area contributed by atoms with Gasteiger partial charge < -0.3 is 4.74 Å². The lowest BCUT2D eigenvalue weighted by Crippen LogP contribution is -2.24. The van der Waals surface area contributed by atoms with Crippen molar-refractivity contribution in [3.63, 3.8) is 0 Å². The summed E-state index contributed by atoms with van der Waals surface area (Å²) in [6.45, 7) is 6.62. The molecular weight excluding hydrogens is 236 g/mol. The van der Waals surface area contributed by atoms with Gasteiger partial charge in [-0.05, 0) is 25.0 Å². The molecule has 0 saturated carbocycles. The smallest absolute Gasteiger partial charge is 0.130 e. The lowest BCUT2D eigenvalue weighted by molar-refractivity contribution is 0.0468. The van der Waals surface area contributed by atoms with E-state index in [1.807, 2.05) is 11.8 Å². The van der Waals surface area contributed by atoms with E-state index in [9.17, 15) is 8.78 Å². The van der Waals surface area contributed by atoms with Crippen LogP contribution in [0.15, 0.2) is 18.2 Å². The van der Waals surface area contributed by atoms with E-state index >= 15 is 0 Å². The Labute approximate surface area is 107 Å². The molecule has 2 atom stereocenters. The van der Waals surface area contributed by atoms with Crippen LogP contribution < -0.4 is 0 Å². The summed E-state index contributed by atoms with van der Waals surface area (Å²) < 4.78 is 32.7. The number of halogens is 2. The topological polar surface area (TPSA) is 12.5 Å². The van der Waals surface area contributed by atoms with Crippen LogP contribution in [0.5, 0.6) is 0 Å². The van der Waals surface area contributed by atoms with E-state index in [0.29, 0.717) is 19.1 Å². The molecule has 0 N–H and O–H groups in total. The summed E-state index contributed by atoms with van der Waals surface area (Å²) in [5.41, 5.74) is 0.154. The van der Waals surface area contributed by atoms with Gasteiger partial charge >= 0.3 is 0 Å². The fourth-order valence-corrected chi connectivity index (χ4v) is 2.50. The summed E-state index contributed by atoms with van der Waals surface area (Å²) in [5.74, 6) is -0.537. The van der Waals surface area contributed by atoms with Crippen LogP contribution in [0.3, 0.4) is 0 Å². The lowest BCUT2D eigenvalue weighted by atomic mass is 10.1. The summed E-state index contributed by atoms with van der Waals surface area (Å²) in [4.78, 5) is 2.05. The Hall–Kier alpha value is -1.00. The van der Waals surface area contributed by atoms with E-state index in [2.05, 4.69) is 6.92 Å². The maximum absolute atomic E-state index is 13.5. The molecule has 2 rings (SSSR count). The van der Waals surface area contributed by atoms with Crippen molar-refractivity contribution in [3.05, 3.63) is 35.4 Å². The van der Waals surface area contributed by atoms with Crippen molar-refractivity contribution in [2.75, 3.05) is 19.7 Å². The number of nitrogens with zero attached hydrogens (tertiary/aromatic N) is 1. The minimum Gasteiger partial charge on any atom is -0.377 e. The first-order chi connectivity index (χ1) is 8.61. The van der Waals surface area contributed by atoms with Gasteiger partial charge in [-0.15, -0.1) is 0 Å². The van der Waals surface area contributed by atoms with Crippen molar-refractivity contribution in [3.8, 4) is 0 Å². The Morgan fingerprint density at radius 1 is 1.28 bits per heavy atom. The number of benzene rings is 1. The third-order valence-electron chi connectivity index (χ3n) is 3.44. The predicted octanol–water partition coefficient (Wildman–Crippen LogP) is 2.82. The summed E-state index contributed by atoms with van der Waals surface area (Å²) in [6, 6.07) is 4.00. The summed E-state index contributed by atoms with van der Waals surface area (Å²) in [7, 11) is 0. The van der Waals surface area contributed by atoms with E-state index in [-0.39, 0.29) is 11.7 Å². The van der Waals surface area contributed by atoms with Crippen molar-refractivity contribution in [2.24, 2.45) is 5.92 Å². The third-order valence-corrected chi connectivity index (χ3v) is 3.44. The molecule has 0 aromatic heterocycles. The maximum atomic E-state index is 13.5. The molecule has 2 unspecified atom stereocenters. The molecule has 1 aromatic rings. The van der Waals surface area contributed by atoms with Gasteiger partial charge in [-0.2, -0.15) is 0 Å². The van der Waals surface area contributed by atoms with E-state index in [1.165, 1.54) is 18.2 Å². The zero-order valence-corrected chi connectivity index (χ0v) is 10.8. The van der Waals surface area contributed by atoms with Crippen LogP contribution in [0.25, 0.3) is 0 Å². The monoisotopic (exact) mass is 255 g/mol. The molecule has 1 aliphatic rings. The standard InChI is InChI=1S/C14H19F2NO/c1-3-18-14-9-17(7-10(14)2)8-11-12(15)5-4-6-13(11)16/h4-6,10,14H,3,7-9H2,1-2H3. The minimum atomic E-state index is -0.470. The molecule has 18 heavy (non-hydrogen) atoms. The molecule has 0 aliphatic carbocycles. The second-order valence-corrected chi connectivity index (χ2v) is 4.87. The molecule has 1 aromatic carbocycles. The summed E-state index contributed by atoms with van der Waals surface area (Å²) in [6.07, 6.45) is 0.171. The number of rotatable bonds is 4. The van der Waals surface area contributed by atoms with E-state index in [1.54, 1.807) is 0 Å². The van der Waals surface area contributed by atoms with Crippen molar-refractivity contribution < 1.29 is 13.5 Å². The van der Waals surface area contributed by atoms with Gasteiger partial charge in [0.25, 0.3) is 0 Å². The minimum absolute atomic E-state index is 0.154. The molecule has 0 bridgehead atoms. The van der Waals surface area contributed by atoms with Crippen LogP contribution in [0.4, 0.5) is 8.78 Å². The molecule has 0 radical (unpaired) electrons. The second-order valence-electron chi connectivity index (χ2n) is 4.87. The molecule has 1 heterocycles. The van der Waals surface area contributed by atoms with Crippen molar-refractivity contribution in [1.29, 1.82) is 0 Å². The highest BCUT2D eigenvalue weighted by Crippen LogP contribution is 2.23. The SMILES string of the molecule is CCOC1CN(Cc2c(F)cccc2F)CC1C. The van der Waals surface area contributed by atoms with Crippen LogP contribution in [-0.4, -0.2) is 30.7 Å². The molecule has 1 fully saturated rings. The molecule has 2 nitrogen and oxygen atoms in total. The Bertz CT molecular complexity index is 391. The van der Waals surface area contributed by atoms with Crippen molar-refractivity contribution in [1.82, 2.24) is 4.90 Å². The molecule has 4 heteroatoms. The molecular formula is C14H19F2NO. The van der Waals surface area contributed by atoms with Gasteiger partial charge in [0.15, 0.2) is 0 Å². The molecule has 0 amide bonds. The highest BCUT2D eigenvalue weighted by Gasteiger charge is 2.30. The Morgan fingerprint density at radius 2 is 1.94 bits per heavy atom. The fourth-order valence-electron chi connectivity index (χ4n) is 2.50. The number of likely N-dealkylation sites (tertiary alicyclic amines) is 1. The van der Waals surface area contributed by atoms with Gasteiger partial charge in [-0.25, -0.2) is 8.78 Å². The van der Waals surface area contributed by atoms with Gasteiger partial charge in [0, 0.05) is 31.8 Å². The average Bonchev–Trinajstić information content (AvgIpc) is 2.66. The summed E-state index contributed by atoms with van der Waals surface area (Å²) >= 11 is 0. The van der Waals surface area contributed by atoms with Crippen LogP contribution in [0.2, 0.25) is 0 Å². The van der Waals surface area contributed by atoms with Gasteiger partial charge in [0.1, 0.15) is 11.6 Å². The first-order valence-corrected chi connectivity index (χ1v) is 6.38. The van der Waals surface area contributed by atoms with Crippen LogP contribution in [0.1, 0.15) is 19.4 Å². The fraction of sp³-hybridized carbons (Fsp3) is 0.571. The van der Waals surface area contributed by atoms with Crippen LogP contribution in [-0.2, 0) is 11.3 Å². The quantitative estimate of drug-likeness (QED) is 0.820. The zero-order chi connectivity index (χ0) is 13.1. The zero-order valence-electron chi connectivity index (χ0n) is 10.8. The normalized spacial score (nSPS) is 24.7. The number of hydrogen-bond acceptors (Lipinski definition) is 2. The Balaban J connectivity index is 2.03. The van der Waals surface area contributed by atoms with Crippen molar-refractivity contribution in [2.45, 2.75) is 26.5 Å². The predicted molar refractivity (Wildman–Crippen MR) is 66.2 cm³/mol. The van der Waals surface area contributed by atoms with Gasteiger partial charge in [0.05, 0.1) is 6.10 Å². The summed E-state index contributed by atoms with van der Waals surface area (Å²) in [5, 5.41) is 0. The Morgan fingerprint density at radius 3 is 2.56 bits per heavy atom. The maximum Gasteiger partial charge on any atom is 0.130 e. The first-order valence-electron chi connectivity index (χ1n) is 6.38. The average molecular weight is 255 g/mol. The first kappa shape index (κ1) is 13.4. The largest absolute Gasteiger partial charge is 0.377 e. The highest BCUT2D eigenvalue weighted by atomic mass is 19.1. The van der Waals surface area contributed by atoms with Crippen LogP contribution >= 0.6 is 0 Å². The van der Waals surface area contributed by atoms with Gasteiger partial charge in [-0.1, -0.05) is 13.0 Å². The third kappa shape index (κ3) is 2.87. The lowest BCUT2D eigenvalue weighted by Gasteiger charge is -2.16. The number of ether oxygens (including phenoxy) is 1. The van der Waals surface area contributed by atoms with E-state index in [4.69, 9.17) is 4.74 Å². The van der Waals surface area contributed by atoms with Crippen LogP contribution in [0, 0.1) is 17.6 Å². The molecule has 0 spiro atoms. The van der Waals surface area contributed by atoms with E-state index < -0.39 is 11.6 Å². The van der Waals surface area contributed by atoms with Gasteiger partial charge in [-0.3, -0.25) is 4.90 Å². The second kappa shape index (κ2) is 5.76. The van der Waals surface area contributed by atoms with Gasteiger partial charge in [0.2, 0.25) is 0 Å². The Kier molecular flexibility index (Phi) is 4.30. The van der Waals surface area contributed by atoms with Crippen molar-refractivity contribution >= 4 is 0 Å². The number of hydrogen-bond donors (Lipinski definition) is 0. The molecule has 100 valence electrons.